The van der Waals surface area contributed by atoms with Gasteiger partial charge in [-0.1, -0.05) is 17.8 Å². The van der Waals surface area contributed by atoms with Crippen LogP contribution in [0.4, 0.5) is 0 Å². The van der Waals surface area contributed by atoms with Gasteiger partial charge < -0.3 is 4.42 Å². The van der Waals surface area contributed by atoms with Crippen LogP contribution in [0, 0.1) is 0 Å². The minimum atomic E-state index is 0.628. The summed E-state index contributed by atoms with van der Waals surface area (Å²) in [7, 11) is 0. The third-order valence-corrected chi connectivity index (χ3v) is 6.06. The van der Waals surface area contributed by atoms with Crippen LogP contribution < -0.4 is 0 Å². The van der Waals surface area contributed by atoms with Crippen molar-refractivity contribution in [3.8, 4) is 22.2 Å². The number of furan rings is 1. The van der Waals surface area contributed by atoms with Crippen LogP contribution in [0.2, 0.25) is 0 Å². The Morgan fingerprint density at radius 1 is 1.28 bits per heavy atom. The number of nitrogens with zero attached hydrogens (tertiary/aromatic N) is 4. The van der Waals surface area contributed by atoms with Gasteiger partial charge in [-0.15, -0.1) is 28.1 Å². The van der Waals surface area contributed by atoms with Gasteiger partial charge in [0.2, 0.25) is 5.82 Å². The second kappa shape index (κ2) is 7.38. The summed E-state index contributed by atoms with van der Waals surface area (Å²) in [6.07, 6.45) is 3.47. The summed E-state index contributed by atoms with van der Waals surface area (Å²) in [6.45, 7) is 4.45. The summed E-state index contributed by atoms with van der Waals surface area (Å²) in [5.41, 5.74) is 2.23. The Hall–Kier alpha value is -2.16. The molecule has 0 atom stereocenters. The number of hydrogen-bond donors (Lipinski definition) is 0. The van der Waals surface area contributed by atoms with Gasteiger partial charge in [-0.05, 0) is 23.6 Å². The van der Waals surface area contributed by atoms with Crippen LogP contribution in [0.1, 0.15) is 5.69 Å². The Balaban J connectivity index is 1.52. The fourth-order valence-corrected chi connectivity index (χ4v) is 4.79. The molecule has 0 aromatic carbocycles. The van der Waals surface area contributed by atoms with Gasteiger partial charge in [0.15, 0.2) is 10.9 Å². The summed E-state index contributed by atoms with van der Waals surface area (Å²) in [5.74, 6) is 2.16. The van der Waals surface area contributed by atoms with Gasteiger partial charge in [-0.25, -0.2) is 4.98 Å². The Bertz CT molecular complexity index is 954. The fraction of sp³-hybridized carbons (Fsp3) is 0.118. The van der Waals surface area contributed by atoms with E-state index in [2.05, 4.69) is 39.0 Å². The molecule has 0 saturated heterocycles. The van der Waals surface area contributed by atoms with Gasteiger partial charge in [0.25, 0.3) is 0 Å². The predicted molar refractivity (Wildman–Crippen MR) is 103 cm³/mol. The second-order valence-electron chi connectivity index (χ2n) is 5.13. The molecule has 4 aromatic rings. The lowest BCUT2D eigenvalue weighted by molar-refractivity contribution is 0.569. The molecular weight excluding hydrogens is 372 g/mol. The van der Waals surface area contributed by atoms with Gasteiger partial charge in [0.05, 0.1) is 12.0 Å². The largest absolute Gasteiger partial charge is 0.461 e. The zero-order valence-corrected chi connectivity index (χ0v) is 15.6. The Morgan fingerprint density at radius 2 is 2.24 bits per heavy atom. The van der Waals surface area contributed by atoms with Crippen LogP contribution in [0.15, 0.2) is 62.8 Å². The first-order valence-corrected chi connectivity index (χ1v) is 10.3. The van der Waals surface area contributed by atoms with Crippen LogP contribution in [0.5, 0.6) is 0 Å². The molecule has 0 fully saturated rings. The van der Waals surface area contributed by atoms with Crippen LogP contribution in [-0.4, -0.2) is 19.7 Å². The zero-order valence-electron chi connectivity index (χ0n) is 13.2. The van der Waals surface area contributed by atoms with Crippen LogP contribution in [-0.2, 0) is 12.3 Å². The molecule has 0 aliphatic rings. The van der Waals surface area contributed by atoms with E-state index in [9.17, 15) is 0 Å². The lowest BCUT2D eigenvalue weighted by Gasteiger charge is -2.05. The molecule has 4 aromatic heterocycles. The van der Waals surface area contributed by atoms with Crippen molar-refractivity contribution in [1.82, 2.24) is 19.7 Å². The van der Waals surface area contributed by atoms with E-state index in [0.29, 0.717) is 18.1 Å². The van der Waals surface area contributed by atoms with Crippen LogP contribution >= 0.6 is 34.4 Å². The first kappa shape index (κ1) is 16.3. The van der Waals surface area contributed by atoms with Crippen LogP contribution in [0.25, 0.3) is 22.2 Å². The monoisotopic (exact) mass is 386 g/mol. The SMILES string of the molecule is C=CCn1c(SCc2csc(-c3ccsc3)n2)nnc1-c1ccco1. The Labute approximate surface area is 157 Å². The fourth-order valence-electron chi connectivity index (χ4n) is 2.31. The molecule has 0 aliphatic carbocycles. The molecule has 0 N–H and O–H groups in total. The number of thiophene rings is 1. The third-order valence-electron chi connectivity index (χ3n) is 3.44. The standard InChI is InChI=1S/C17H14N4OS3/c1-2-6-21-15(14-4-3-7-22-14)19-20-17(21)25-11-13-10-24-16(18-13)12-5-8-23-9-12/h2-5,7-10H,1,6,11H2. The summed E-state index contributed by atoms with van der Waals surface area (Å²) in [4.78, 5) is 4.71. The van der Waals surface area contributed by atoms with Crippen molar-refractivity contribution in [3.63, 3.8) is 0 Å². The zero-order chi connectivity index (χ0) is 17.1. The molecule has 0 bridgehead atoms. The Kier molecular flexibility index (Phi) is 4.82. The van der Waals surface area contributed by atoms with Crippen molar-refractivity contribution < 1.29 is 4.42 Å². The molecule has 0 unspecified atom stereocenters. The maximum absolute atomic E-state index is 5.45. The number of hydrogen-bond acceptors (Lipinski definition) is 7. The summed E-state index contributed by atoms with van der Waals surface area (Å²) >= 11 is 4.97. The number of allylic oxidation sites excluding steroid dienone is 1. The molecule has 126 valence electrons. The molecule has 0 radical (unpaired) electrons. The highest BCUT2D eigenvalue weighted by Gasteiger charge is 2.16. The smallest absolute Gasteiger partial charge is 0.200 e. The molecule has 0 saturated carbocycles. The first-order valence-electron chi connectivity index (χ1n) is 7.53. The lowest BCUT2D eigenvalue weighted by atomic mass is 10.4. The minimum Gasteiger partial charge on any atom is -0.461 e. The van der Waals surface area contributed by atoms with E-state index in [1.165, 1.54) is 5.56 Å². The lowest BCUT2D eigenvalue weighted by Crippen LogP contribution is -2.00. The second-order valence-corrected chi connectivity index (χ2v) is 7.71. The van der Waals surface area contributed by atoms with E-state index in [0.717, 1.165) is 21.6 Å². The normalized spacial score (nSPS) is 11.0. The molecule has 0 aliphatic heterocycles. The highest BCUT2D eigenvalue weighted by Crippen LogP contribution is 2.30. The molecule has 0 spiro atoms. The average molecular weight is 387 g/mol. The van der Waals surface area contributed by atoms with E-state index in [4.69, 9.17) is 9.40 Å². The Morgan fingerprint density at radius 3 is 3.00 bits per heavy atom. The van der Waals surface area contributed by atoms with E-state index in [-0.39, 0.29) is 0 Å². The summed E-state index contributed by atoms with van der Waals surface area (Å²) in [6, 6.07) is 5.82. The van der Waals surface area contributed by atoms with Crippen molar-refractivity contribution in [2.75, 3.05) is 0 Å². The molecule has 4 heterocycles. The van der Waals surface area contributed by atoms with E-state index in [1.807, 2.05) is 22.8 Å². The molecule has 0 amide bonds. The van der Waals surface area contributed by atoms with Crippen molar-refractivity contribution in [1.29, 1.82) is 0 Å². The van der Waals surface area contributed by atoms with Crippen molar-refractivity contribution >= 4 is 34.4 Å². The third kappa shape index (κ3) is 3.46. The van der Waals surface area contributed by atoms with E-state index in [1.54, 1.807) is 40.7 Å². The highest BCUT2D eigenvalue weighted by molar-refractivity contribution is 7.98. The predicted octanol–water partition coefficient (Wildman–Crippen LogP) is 5.20. The molecule has 8 heteroatoms. The van der Waals surface area contributed by atoms with Gasteiger partial charge in [-0.3, -0.25) is 4.57 Å². The average Bonchev–Trinajstić information content (AvgIpc) is 3.38. The van der Waals surface area contributed by atoms with Crippen molar-refractivity contribution in [3.05, 3.63) is 59.0 Å². The highest BCUT2D eigenvalue weighted by atomic mass is 32.2. The van der Waals surface area contributed by atoms with Crippen molar-refractivity contribution in [2.45, 2.75) is 17.5 Å². The molecule has 5 nitrogen and oxygen atoms in total. The molecular formula is C17H14N4OS3. The maximum atomic E-state index is 5.45. The van der Waals surface area contributed by atoms with Gasteiger partial charge in [0, 0.05) is 28.6 Å². The summed E-state index contributed by atoms with van der Waals surface area (Å²) in [5, 5.41) is 16.7. The number of aromatic nitrogens is 4. The number of rotatable bonds is 7. The summed E-state index contributed by atoms with van der Waals surface area (Å²) < 4.78 is 7.45. The number of thioether (sulfide) groups is 1. The van der Waals surface area contributed by atoms with Gasteiger partial charge >= 0.3 is 0 Å². The molecule has 4 rings (SSSR count). The number of thiazole rings is 1. The maximum Gasteiger partial charge on any atom is 0.200 e. The topological polar surface area (TPSA) is 56.7 Å². The van der Waals surface area contributed by atoms with E-state index >= 15 is 0 Å². The van der Waals surface area contributed by atoms with Gasteiger partial charge in [-0.2, -0.15) is 11.3 Å². The van der Waals surface area contributed by atoms with Crippen molar-refractivity contribution in [2.24, 2.45) is 0 Å². The van der Waals surface area contributed by atoms with Gasteiger partial charge in [0.1, 0.15) is 5.01 Å². The first-order chi connectivity index (χ1) is 12.3. The minimum absolute atomic E-state index is 0.628. The van der Waals surface area contributed by atoms with E-state index < -0.39 is 0 Å². The van der Waals surface area contributed by atoms with Crippen LogP contribution in [0.3, 0.4) is 0 Å². The molecule has 25 heavy (non-hydrogen) atoms. The quantitative estimate of drug-likeness (QED) is 0.323.